The van der Waals surface area contributed by atoms with Crippen molar-refractivity contribution in [1.29, 1.82) is 0 Å². The maximum atomic E-state index is 10.5. The Kier molecular flexibility index (Phi) is 17.2. The van der Waals surface area contributed by atoms with Gasteiger partial charge in [0.2, 0.25) is 0 Å². The second-order valence-corrected chi connectivity index (χ2v) is 20.3. The number of epoxide rings is 1. The number of aliphatic hydroxyl groups is 3. The normalized spacial score (nSPS) is 26.0. The highest BCUT2D eigenvalue weighted by Gasteiger charge is 2.56. The van der Waals surface area contributed by atoms with E-state index in [0.29, 0.717) is 52.1 Å². The first-order chi connectivity index (χ1) is 23.6. The summed E-state index contributed by atoms with van der Waals surface area (Å²) in [4.78, 5) is 0. The summed E-state index contributed by atoms with van der Waals surface area (Å²) in [7, 11) is 0. The van der Waals surface area contributed by atoms with E-state index in [1.165, 1.54) is 0 Å². The van der Waals surface area contributed by atoms with Gasteiger partial charge in [0.1, 0.15) is 6.10 Å². The lowest BCUT2D eigenvalue weighted by molar-refractivity contribution is -0.173. The SMILES string of the molecule is CCC(C)(CC(C1OCC(OCCO)C1C(C)(C)OCCC(C)O)C(C)(C)OCCC(C)(C)O)OCCC(C)(C)OC1OC1C(C)(C)CC(C)(C)C. The van der Waals surface area contributed by atoms with Crippen molar-refractivity contribution < 1.29 is 48.5 Å². The largest absolute Gasteiger partial charge is 0.394 e. The third-order valence-electron chi connectivity index (χ3n) is 11.1. The quantitative estimate of drug-likeness (QED) is 0.0810. The molecular weight excluding hydrogens is 664 g/mol. The second-order valence-electron chi connectivity index (χ2n) is 20.3. The van der Waals surface area contributed by atoms with Crippen molar-refractivity contribution in [2.24, 2.45) is 22.7 Å². The number of rotatable bonds is 25. The molecule has 2 fully saturated rings. The van der Waals surface area contributed by atoms with Gasteiger partial charge in [-0.2, -0.15) is 0 Å². The third-order valence-corrected chi connectivity index (χ3v) is 11.1. The van der Waals surface area contributed by atoms with Crippen LogP contribution in [-0.2, 0) is 33.2 Å². The summed E-state index contributed by atoms with van der Waals surface area (Å²) in [6.07, 6.45) is 2.95. The molecule has 0 spiro atoms. The van der Waals surface area contributed by atoms with Crippen LogP contribution in [-0.4, -0.2) is 114 Å². The first kappa shape index (κ1) is 47.8. The Morgan fingerprint density at radius 3 is 1.96 bits per heavy atom. The highest BCUT2D eigenvalue weighted by Crippen LogP contribution is 2.48. The van der Waals surface area contributed by atoms with Crippen molar-refractivity contribution in [2.75, 3.05) is 39.6 Å². The summed E-state index contributed by atoms with van der Waals surface area (Å²) in [5, 5.41) is 30.1. The molecule has 0 aromatic heterocycles. The van der Waals surface area contributed by atoms with E-state index in [-0.39, 0.29) is 60.5 Å². The third kappa shape index (κ3) is 15.6. The molecule has 10 heteroatoms. The molecule has 52 heavy (non-hydrogen) atoms. The van der Waals surface area contributed by atoms with E-state index in [2.05, 4.69) is 90.0 Å². The lowest BCUT2D eigenvalue weighted by Crippen LogP contribution is -2.54. The molecule has 0 bridgehead atoms. The minimum atomic E-state index is -0.856. The fourth-order valence-electron chi connectivity index (χ4n) is 8.10. The first-order valence-corrected chi connectivity index (χ1v) is 20.1. The number of hydrogen-bond acceptors (Lipinski definition) is 10. The van der Waals surface area contributed by atoms with Gasteiger partial charge in [0, 0.05) is 18.4 Å². The molecule has 8 unspecified atom stereocenters. The Balaban J connectivity index is 2.30. The molecule has 0 aliphatic carbocycles. The predicted molar refractivity (Wildman–Crippen MR) is 206 cm³/mol. The lowest BCUT2D eigenvalue weighted by atomic mass is 9.70. The van der Waals surface area contributed by atoms with E-state index in [1.807, 2.05) is 0 Å². The average Bonchev–Trinajstić information content (AvgIpc) is 3.60. The zero-order chi connectivity index (χ0) is 40.0. The fourth-order valence-corrected chi connectivity index (χ4v) is 8.10. The fraction of sp³-hybridized carbons (Fsp3) is 1.00. The highest BCUT2D eigenvalue weighted by atomic mass is 16.8. The second kappa shape index (κ2) is 18.7. The van der Waals surface area contributed by atoms with E-state index < -0.39 is 34.1 Å². The van der Waals surface area contributed by atoms with E-state index >= 15 is 0 Å². The summed E-state index contributed by atoms with van der Waals surface area (Å²) in [5.74, 6) is -0.348. The van der Waals surface area contributed by atoms with Crippen molar-refractivity contribution in [1.82, 2.24) is 0 Å². The van der Waals surface area contributed by atoms with E-state index in [1.54, 1.807) is 20.8 Å². The van der Waals surface area contributed by atoms with Crippen LogP contribution in [0, 0.1) is 22.7 Å². The standard InChI is InChI=1S/C42H82O10/c1-17-42(16,50-24-20-39(10,11)52-35-34(51-35)37(6,7)28-36(3,4)5)26-30(40(12,13)49-23-19-38(8,9)45)33-32(31(27-47-33)46-25-21-43)41(14,15)48-22-18-29(2)44/h29-35,43-45H,17-28H2,1-16H3. The van der Waals surface area contributed by atoms with Crippen LogP contribution in [0.4, 0.5) is 0 Å². The van der Waals surface area contributed by atoms with Crippen molar-refractivity contribution in [3.8, 4) is 0 Å². The molecule has 2 heterocycles. The van der Waals surface area contributed by atoms with Gasteiger partial charge in [-0.3, -0.25) is 0 Å². The zero-order valence-corrected chi connectivity index (χ0v) is 36.2. The van der Waals surface area contributed by atoms with E-state index in [9.17, 15) is 15.3 Å². The smallest absolute Gasteiger partial charge is 0.185 e. The average molecular weight is 747 g/mol. The Labute approximate surface area is 318 Å². The molecule has 8 atom stereocenters. The molecule has 0 aromatic rings. The van der Waals surface area contributed by atoms with Gasteiger partial charge in [-0.1, -0.05) is 41.5 Å². The number of ether oxygens (including phenoxy) is 7. The van der Waals surface area contributed by atoms with Gasteiger partial charge >= 0.3 is 0 Å². The van der Waals surface area contributed by atoms with E-state index in [4.69, 9.17) is 33.2 Å². The molecule has 0 saturated carbocycles. The molecule has 3 N–H and O–H groups in total. The summed E-state index contributed by atoms with van der Waals surface area (Å²) < 4.78 is 45.5. The molecule has 2 saturated heterocycles. The summed E-state index contributed by atoms with van der Waals surface area (Å²) >= 11 is 0. The molecule has 2 rings (SSSR count). The van der Waals surface area contributed by atoms with Crippen LogP contribution in [0.25, 0.3) is 0 Å². The predicted octanol–water partition coefficient (Wildman–Crippen LogP) is 7.47. The lowest BCUT2D eigenvalue weighted by Gasteiger charge is -2.47. The maximum Gasteiger partial charge on any atom is 0.185 e. The maximum absolute atomic E-state index is 10.5. The van der Waals surface area contributed by atoms with Gasteiger partial charge in [-0.25, -0.2) is 0 Å². The molecule has 310 valence electrons. The van der Waals surface area contributed by atoms with Gasteiger partial charge in [0.15, 0.2) is 6.29 Å². The minimum Gasteiger partial charge on any atom is -0.394 e. The van der Waals surface area contributed by atoms with Crippen molar-refractivity contribution in [2.45, 2.75) is 208 Å². The van der Waals surface area contributed by atoms with Crippen LogP contribution < -0.4 is 0 Å². The van der Waals surface area contributed by atoms with Crippen LogP contribution >= 0.6 is 0 Å². The monoisotopic (exact) mass is 747 g/mol. The molecule has 2 aliphatic rings. The Bertz CT molecular complexity index is 1040. The van der Waals surface area contributed by atoms with E-state index in [0.717, 1.165) is 12.8 Å². The summed E-state index contributed by atoms with van der Waals surface area (Å²) in [6.45, 7) is 35.3. The van der Waals surface area contributed by atoms with Gasteiger partial charge in [-0.15, -0.1) is 0 Å². The Morgan fingerprint density at radius 1 is 0.808 bits per heavy atom. The molecular formula is C42H82O10. The van der Waals surface area contributed by atoms with Gasteiger partial charge in [0.05, 0.1) is 79.4 Å². The topological polar surface area (TPSA) is 129 Å². The molecule has 0 radical (unpaired) electrons. The van der Waals surface area contributed by atoms with Crippen LogP contribution in [0.2, 0.25) is 0 Å². The van der Waals surface area contributed by atoms with Gasteiger partial charge < -0.3 is 48.5 Å². The van der Waals surface area contributed by atoms with Crippen LogP contribution in [0.5, 0.6) is 0 Å². The van der Waals surface area contributed by atoms with Crippen molar-refractivity contribution in [3.05, 3.63) is 0 Å². The Morgan fingerprint density at radius 2 is 1.42 bits per heavy atom. The summed E-state index contributed by atoms with van der Waals surface area (Å²) in [6, 6.07) is 0. The molecule has 0 aromatic carbocycles. The van der Waals surface area contributed by atoms with Crippen LogP contribution in [0.1, 0.15) is 149 Å². The highest BCUT2D eigenvalue weighted by molar-refractivity contribution is 5.03. The van der Waals surface area contributed by atoms with Gasteiger partial charge in [0.25, 0.3) is 0 Å². The van der Waals surface area contributed by atoms with Crippen LogP contribution in [0.3, 0.4) is 0 Å². The minimum absolute atomic E-state index is 0.0201. The number of hydrogen-bond donors (Lipinski definition) is 3. The van der Waals surface area contributed by atoms with Crippen molar-refractivity contribution in [3.63, 3.8) is 0 Å². The van der Waals surface area contributed by atoms with Crippen LogP contribution in [0.15, 0.2) is 0 Å². The first-order valence-electron chi connectivity index (χ1n) is 20.1. The summed E-state index contributed by atoms with van der Waals surface area (Å²) in [5.41, 5.74) is -2.92. The number of aliphatic hydroxyl groups excluding tert-OH is 2. The van der Waals surface area contributed by atoms with Crippen molar-refractivity contribution >= 4 is 0 Å². The zero-order valence-electron chi connectivity index (χ0n) is 36.2. The Hall–Kier alpha value is -0.400. The van der Waals surface area contributed by atoms with Gasteiger partial charge in [-0.05, 0) is 119 Å². The molecule has 2 aliphatic heterocycles. The molecule has 10 nitrogen and oxygen atoms in total. The molecule has 0 amide bonds.